The summed E-state index contributed by atoms with van der Waals surface area (Å²) in [5.74, 6) is 2.40. The van der Waals surface area contributed by atoms with Crippen LogP contribution in [0.4, 0.5) is 0 Å². The lowest BCUT2D eigenvalue weighted by molar-refractivity contribution is 0.185. The van der Waals surface area contributed by atoms with Gasteiger partial charge < -0.3 is 9.52 Å². The number of benzene rings is 1. The second kappa shape index (κ2) is 6.48. The summed E-state index contributed by atoms with van der Waals surface area (Å²) < 4.78 is 5.71. The van der Waals surface area contributed by atoms with Crippen molar-refractivity contribution < 1.29 is 9.52 Å². The molecule has 0 spiro atoms. The van der Waals surface area contributed by atoms with E-state index < -0.39 is 6.10 Å². The van der Waals surface area contributed by atoms with Crippen LogP contribution in [0.3, 0.4) is 0 Å². The van der Waals surface area contributed by atoms with Crippen molar-refractivity contribution in [3.05, 3.63) is 58.5 Å². The molecule has 2 aromatic rings. The van der Waals surface area contributed by atoms with Gasteiger partial charge in [0.2, 0.25) is 0 Å². The Morgan fingerprint density at radius 1 is 0.952 bits per heavy atom. The summed E-state index contributed by atoms with van der Waals surface area (Å²) in [5, 5.41) is 10.7. The molecule has 21 heavy (non-hydrogen) atoms. The summed E-state index contributed by atoms with van der Waals surface area (Å²) in [6, 6.07) is 10.2. The number of hydrogen-bond donors (Lipinski definition) is 1. The first-order valence-corrected chi connectivity index (χ1v) is 7.84. The molecule has 0 fully saturated rings. The van der Waals surface area contributed by atoms with Crippen LogP contribution in [0.25, 0.3) is 0 Å². The molecule has 1 unspecified atom stereocenters. The van der Waals surface area contributed by atoms with E-state index in [1.807, 2.05) is 25.1 Å². The second-order valence-electron chi connectivity index (χ2n) is 6.26. The highest BCUT2D eigenvalue weighted by molar-refractivity contribution is 5.39. The molecule has 2 rings (SSSR count). The third-order valence-corrected chi connectivity index (χ3v) is 3.99. The molecule has 2 heteroatoms. The Hall–Kier alpha value is -1.54. The Balaban J connectivity index is 2.42. The van der Waals surface area contributed by atoms with Gasteiger partial charge in [-0.3, -0.25) is 0 Å². The van der Waals surface area contributed by atoms with Gasteiger partial charge in [0.25, 0.3) is 0 Å². The topological polar surface area (TPSA) is 33.4 Å². The Morgan fingerprint density at radius 2 is 1.67 bits per heavy atom. The third kappa shape index (κ3) is 3.38. The van der Waals surface area contributed by atoms with E-state index in [-0.39, 0.29) is 0 Å². The van der Waals surface area contributed by atoms with Crippen molar-refractivity contribution >= 4 is 0 Å². The molecular formula is C19H26O2. The molecule has 114 valence electrons. The minimum Gasteiger partial charge on any atom is -0.463 e. The zero-order valence-electron chi connectivity index (χ0n) is 13.7. The molecule has 1 aromatic carbocycles. The summed E-state index contributed by atoms with van der Waals surface area (Å²) in [6.45, 7) is 10.8. The van der Waals surface area contributed by atoms with Crippen molar-refractivity contribution in [2.24, 2.45) is 0 Å². The van der Waals surface area contributed by atoms with Crippen molar-refractivity contribution in [3.8, 4) is 0 Å². The molecule has 1 atom stereocenters. The van der Waals surface area contributed by atoms with Crippen LogP contribution >= 0.6 is 0 Å². The van der Waals surface area contributed by atoms with Crippen LogP contribution in [-0.4, -0.2) is 5.11 Å². The van der Waals surface area contributed by atoms with Crippen LogP contribution < -0.4 is 0 Å². The number of aliphatic hydroxyl groups excluding tert-OH is 1. The highest BCUT2D eigenvalue weighted by Crippen LogP contribution is 2.32. The van der Waals surface area contributed by atoms with Crippen molar-refractivity contribution in [3.63, 3.8) is 0 Å². The fourth-order valence-corrected chi connectivity index (χ4v) is 2.59. The predicted octanol–water partition coefficient (Wildman–Crippen LogP) is 5.17. The highest BCUT2D eigenvalue weighted by atomic mass is 16.4. The maximum Gasteiger partial charge on any atom is 0.137 e. The molecule has 2 nitrogen and oxygen atoms in total. The fourth-order valence-electron chi connectivity index (χ4n) is 2.59. The van der Waals surface area contributed by atoms with E-state index in [4.69, 9.17) is 4.42 Å². The summed E-state index contributed by atoms with van der Waals surface area (Å²) in [7, 11) is 0. The Morgan fingerprint density at radius 3 is 2.19 bits per heavy atom. The van der Waals surface area contributed by atoms with E-state index in [9.17, 15) is 5.11 Å². The first-order valence-electron chi connectivity index (χ1n) is 7.84. The van der Waals surface area contributed by atoms with Gasteiger partial charge in [-0.15, -0.1) is 0 Å². The monoisotopic (exact) mass is 286 g/mol. The number of rotatable bonds is 5. The van der Waals surface area contributed by atoms with Crippen LogP contribution in [0.15, 0.2) is 34.7 Å². The fraction of sp³-hybridized carbons (Fsp3) is 0.474. The lowest BCUT2D eigenvalue weighted by Gasteiger charge is -2.19. The zero-order valence-corrected chi connectivity index (χ0v) is 13.7. The van der Waals surface area contributed by atoms with Crippen LogP contribution in [0.1, 0.15) is 80.8 Å². The van der Waals surface area contributed by atoms with Crippen molar-refractivity contribution in [2.45, 2.75) is 59.0 Å². The van der Waals surface area contributed by atoms with Crippen LogP contribution in [-0.2, 0) is 6.42 Å². The van der Waals surface area contributed by atoms with Crippen molar-refractivity contribution in [1.29, 1.82) is 0 Å². The normalized spacial score (nSPS) is 13.1. The third-order valence-electron chi connectivity index (χ3n) is 3.99. The van der Waals surface area contributed by atoms with Gasteiger partial charge in [-0.2, -0.15) is 0 Å². The Kier molecular flexibility index (Phi) is 4.89. The number of furan rings is 1. The van der Waals surface area contributed by atoms with Gasteiger partial charge in [-0.1, -0.05) is 52.8 Å². The average molecular weight is 286 g/mol. The lowest BCUT2D eigenvalue weighted by atomic mass is 9.89. The van der Waals surface area contributed by atoms with Crippen molar-refractivity contribution in [1.82, 2.24) is 0 Å². The van der Waals surface area contributed by atoms with Crippen molar-refractivity contribution in [2.75, 3.05) is 0 Å². The van der Waals surface area contributed by atoms with Gasteiger partial charge in [0, 0.05) is 6.42 Å². The van der Waals surface area contributed by atoms with Gasteiger partial charge in [0.05, 0.1) is 0 Å². The standard InChI is InChI=1S/C19H26O2/c1-6-15-8-10-18(21-15)19(20)16-9-7-14(12(2)3)11-17(16)13(4)5/h7-13,19-20H,6H2,1-5H3. The minimum atomic E-state index is -0.691. The molecule has 1 N–H and O–H groups in total. The van der Waals surface area contributed by atoms with Gasteiger partial charge >= 0.3 is 0 Å². The van der Waals surface area contributed by atoms with E-state index in [0.717, 1.165) is 17.7 Å². The van der Waals surface area contributed by atoms with Gasteiger partial charge in [-0.25, -0.2) is 0 Å². The van der Waals surface area contributed by atoms with E-state index in [1.54, 1.807) is 0 Å². The average Bonchev–Trinajstić information content (AvgIpc) is 2.94. The van der Waals surface area contributed by atoms with Crippen LogP contribution in [0, 0.1) is 0 Å². The summed E-state index contributed by atoms with van der Waals surface area (Å²) >= 11 is 0. The maximum absolute atomic E-state index is 10.7. The van der Waals surface area contributed by atoms with E-state index >= 15 is 0 Å². The first kappa shape index (κ1) is 15.8. The molecule has 1 heterocycles. The highest BCUT2D eigenvalue weighted by Gasteiger charge is 2.20. The SMILES string of the molecule is CCc1ccc(C(O)c2ccc(C(C)C)cc2C(C)C)o1. The lowest BCUT2D eigenvalue weighted by Crippen LogP contribution is -2.06. The molecule has 1 aromatic heterocycles. The van der Waals surface area contributed by atoms with E-state index in [0.29, 0.717) is 17.6 Å². The summed E-state index contributed by atoms with van der Waals surface area (Å²) in [6.07, 6.45) is 0.152. The molecule has 0 radical (unpaired) electrons. The van der Waals surface area contributed by atoms with E-state index in [2.05, 4.69) is 39.8 Å². The largest absolute Gasteiger partial charge is 0.463 e. The quantitative estimate of drug-likeness (QED) is 0.822. The maximum atomic E-state index is 10.7. The number of aliphatic hydroxyl groups is 1. The molecule has 0 aliphatic heterocycles. The Labute approximate surface area is 127 Å². The molecule has 0 aliphatic rings. The van der Waals surface area contributed by atoms with Crippen LogP contribution in [0.5, 0.6) is 0 Å². The van der Waals surface area contributed by atoms with E-state index in [1.165, 1.54) is 11.1 Å². The van der Waals surface area contributed by atoms with Gasteiger partial charge in [0.15, 0.2) is 0 Å². The van der Waals surface area contributed by atoms with Gasteiger partial charge in [0.1, 0.15) is 17.6 Å². The minimum absolute atomic E-state index is 0.369. The molecule has 0 aliphatic carbocycles. The second-order valence-corrected chi connectivity index (χ2v) is 6.26. The predicted molar refractivity (Wildman–Crippen MR) is 86.8 cm³/mol. The summed E-state index contributed by atoms with van der Waals surface area (Å²) in [5.41, 5.74) is 3.46. The van der Waals surface area contributed by atoms with Crippen LogP contribution in [0.2, 0.25) is 0 Å². The molecule has 0 saturated heterocycles. The number of aryl methyl sites for hydroxylation is 1. The summed E-state index contributed by atoms with van der Waals surface area (Å²) in [4.78, 5) is 0. The van der Waals surface area contributed by atoms with Gasteiger partial charge in [-0.05, 0) is 40.7 Å². The first-order chi connectivity index (χ1) is 9.93. The molecule has 0 bridgehead atoms. The Bertz CT molecular complexity index is 593. The molecule has 0 amide bonds. The molecular weight excluding hydrogens is 260 g/mol. The molecule has 0 saturated carbocycles. The number of hydrogen-bond acceptors (Lipinski definition) is 2. The smallest absolute Gasteiger partial charge is 0.137 e. The zero-order chi connectivity index (χ0) is 15.6.